The van der Waals surface area contributed by atoms with Crippen LogP contribution in [0.1, 0.15) is 66.7 Å². The molecule has 0 radical (unpaired) electrons. The van der Waals surface area contributed by atoms with Crippen LogP contribution in [0.15, 0.2) is 17.9 Å². The minimum Gasteiger partial charge on any atom is -0.496 e. The van der Waals surface area contributed by atoms with Crippen molar-refractivity contribution >= 4 is 35.0 Å². The average molecular weight is 535 g/mol. The Hall–Kier alpha value is -3.11. The number of carbonyl (C=O) groups is 4. The van der Waals surface area contributed by atoms with Gasteiger partial charge in [-0.15, -0.1) is 0 Å². The molecule has 4 atom stereocenters. The Bertz CT molecular complexity index is 1160. The Balaban J connectivity index is 1.55. The summed E-state index contributed by atoms with van der Waals surface area (Å²) in [7, 11) is 2.70. The maximum atomic E-state index is 13.7. The zero-order valence-corrected chi connectivity index (χ0v) is 22.0. The third kappa shape index (κ3) is 4.80. The second-order valence-corrected chi connectivity index (χ2v) is 10.0. The molecule has 4 rings (SSSR count). The molecule has 1 aromatic rings. The van der Waals surface area contributed by atoms with E-state index in [1.54, 1.807) is 13.8 Å². The van der Waals surface area contributed by atoms with Gasteiger partial charge in [0.2, 0.25) is 17.3 Å². The van der Waals surface area contributed by atoms with Crippen LogP contribution in [0.4, 0.5) is 0 Å². The van der Waals surface area contributed by atoms with Crippen LogP contribution in [0.5, 0.6) is 11.5 Å². The van der Waals surface area contributed by atoms with Crippen LogP contribution in [0.3, 0.4) is 0 Å². The summed E-state index contributed by atoms with van der Waals surface area (Å²) in [5.74, 6) is -2.62. The van der Waals surface area contributed by atoms with Crippen molar-refractivity contribution in [3.63, 3.8) is 0 Å². The van der Waals surface area contributed by atoms with Crippen molar-refractivity contribution in [3.8, 4) is 11.5 Å². The van der Waals surface area contributed by atoms with E-state index in [4.69, 9.17) is 30.5 Å². The van der Waals surface area contributed by atoms with Gasteiger partial charge in [0.25, 0.3) is 5.91 Å². The molecule has 10 nitrogen and oxygen atoms in total. The molecule has 2 N–H and O–H groups in total. The summed E-state index contributed by atoms with van der Waals surface area (Å²) in [6.07, 6.45) is 4.87. The van der Waals surface area contributed by atoms with Gasteiger partial charge in [-0.3, -0.25) is 30.0 Å². The fourth-order valence-corrected chi connectivity index (χ4v) is 5.42. The highest BCUT2D eigenvalue weighted by Gasteiger charge is 2.60. The zero-order chi connectivity index (χ0) is 26.9. The molecular formula is C26H31ClN2O8. The van der Waals surface area contributed by atoms with Gasteiger partial charge >= 0.3 is 0 Å². The number of fused-ring (bicyclic) bond motifs is 1. The smallest absolute Gasteiger partial charge is 0.271 e. The van der Waals surface area contributed by atoms with Crippen LogP contribution in [0.25, 0.3) is 0 Å². The molecule has 11 heteroatoms. The number of benzene rings is 1. The average Bonchev–Trinajstić information content (AvgIpc) is 3.20. The van der Waals surface area contributed by atoms with Crippen LogP contribution >= 0.6 is 11.6 Å². The molecule has 1 unspecified atom stereocenters. The van der Waals surface area contributed by atoms with E-state index in [1.807, 2.05) is 0 Å². The van der Waals surface area contributed by atoms with E-state index in [0.29, 0.717) is 13.0 Å². The molecule has 1 aromatic carbocycles. The van der Waals surface area contributed by atoms with Crippen molar-refractivity contribution in [3.05, 3.63) is 34.1 Å². The van der Waals surface area contributed by atoms with E-state index >= 15 is 0 Å². The summed E-state index contributed by atoms with van der Waals surface area (Å²) in [6, 6.07) is 1.32. The first-order valence-electron chi connectivity index (χ1n) is 12.3. The van der Waals surface area contributed by atoms with Gasteiger partial charge in [0, 0.05) is 30.9 Å². The number of amides is 2. The fraction of sp³-hybridized carbons (Fsp3) is 0.538. The van der Waals surface area contributed by atoms with Crippen molar-refractivity contribution < 1.29 is 38.1 Å². The maximum absolute atomic E-state index is 13.7. The molecular weight excluding hydrogens is 504 g/mol. The van der Waals surface area contributed by atoms with Gasteiger partial charge in [0.1, 0.15) is 11.3 Å². The molecule has 37 heavy (non-hydrogen) atoms. The molecule has 1 aliphatic carbocycles. The lowest BCUT2D eigenvalue weighted by molar-refractivity contribution is -0.127. The van der Waals surface area contributed by atoms with Gasteiger partial charge in [0.15, 0.2) is 17.3 Å². The van der Waals surface area contributed by atoms with Crippen LogP contribution in [0.2, 0.25) is 5.02 Å². The lowest BCUT2D eigenvalue weighted by Gasteiger charge is -2.36. The minimum absolute atomic E-state index is 0.0196. The SMILES string of the molecule is COC1=CC(=O)C[C@@H](C)[C@]12Oc1c(Cl)c(C(=O)NNC(=O)[C@H](C)CC3CCCCO3)cc(OC)c1C2=O. The highest BCUT2D eigenvalue weighted by molar-refractivity contribution is 6.37. The molecule has 200 valence electrons. The second kappa shape index (κ2) is 10.7. The fourth-order valence-electron chi connectivity index (χ4n) is 5.14. The summed E-state index contributed by atoms with van der Waals surface area (Å²) >= 11 is 6.57. The van der Waals surface area contributed by atoms with E-state index in [-0.39, 0.29) is 63.5 Å². The molecule has 1 saturated heterocycles. The Morgan fingerprint density at radius 2 is 1.97 bits per heavy atom. The standard InChI is InChI=1S/C26H31ClN2O8/c1-13(9-16-7-5-6-8-36-16)24(32)28-29-25(33)17-12-18(34-3)20-22(21(17)27)37-26(23(20)31)14(2)10-15(30)11-19(26)35-4/h11-14,16H,5-10H2,1-4H3,(H,28,32)(H,29,33)/t13-,14-,16?,26+/m1/s1. The monoisotopic (exact) mass is 534 g/mol. The zero-order valence-electron chi connectivity index (χ0n) is 21.3. The predicted octanol–water partition coefficient (Wildman–Crippen LogP) is 3.16. The van der Waals surface area contributed by atoms with Crippen LogP contribution < -0.4 is 20.3 Å². The quantitative estimate of drug-likeness (QED) is 0.532. The largest absolute Gasteiger partial charge is 0.496 e. The van der Waals surface area contributed by atoms with Crippen LogP contribution in [-0.4, -0.2) is 55.9 Å². The summed E-state index contributed by atoms with van der Waals surface area (Å²) in [6.45, 7) is 4.16. The molecule has 3 aliphatic rings. The highest BCUT2D eigenvalue weighted by Crippen LogP contribution is 2.52. The first kappa shape index (κ1) is 26.9. The second-order valence-electron chi connectivity index (χ2n) is 9.66. The van der Waals surface area contributed by atoms with E-state index in [9.17, 15) is 19.2 Å². The Labute approximate surface area is 219 Å². The summed E-state index contributed by atoms with van der Waals surface area (Å²) in [5, 5.41) is -0.129. The van der Waals surface area contributed by atoms with Crippen molar-refractivity contribution in [2.45, 2.75) is 57.7 Å². The van der Waals surface area contributed by atoms with E-state index in [1.165, 1.54) is 26.4 Å². The summed E-state index contributed by atoms with van der Waals surface area (Å²) in [5.41, 5.74) is 3.19. The number of Topliss-reactive ketones (excluding diaryl/α,β-unsaturated/α-hetero) is 1. The molecule has 0 bridgehead atoms. The van der Waals surface area contributed by atoms with Crippen molar-refractivity contribution in [1.82, 2.24) is 10.9 Å². The topological polar surface area (TPSA) is 129 Å². The van der Waals surface area contributed by atoms with Gasteiger partial charge < -0.3 is 18.9 Å². The number of methoxy groups -OCH3 is 2. The molecule has 1 spiro atoms. The molecule has 0 aromatic heterocycles. The van der Waals surface area contributed by atoms with E-state index < -0.39 is 23.2 Å². The number of halogens is 1. The number of allylic oxidation sites excluding steroid dienone is 1. The van der Waals surface area contributed by atoms with Crippen molar-refractivity contribution in [2.24, 2.45) is 11.8 Å². The number of hydrogen-bond acceptors (Lipinski definition) is 8. The molecule has 2 heterocycles. The van der Waals surface area contributed by atoms with Gasteiger partial charge in [-0.1, -0.05) is 25.4 Å². The number of hydrogen-bond donors (Lipinski definition) is 2. The third-order valence-corrected chi connectivity index (χ3v) is 7.57. The number of hydrazine groups is 1. The minimum atomic E-state index is -1.61. The Morgan fingerprint density at radius 1 is 1.22 bits per heavy atom. The molecule has 1 fully saturated rings. The third-order valence-electron chi connectivity index (χ3n) is 7.19. The van der Waals surface area contributed by atoms with Crippen LogP contribution in [0, 0.1) is 11.8 Å². The molecule has 2 amide bonds. The van der Waals surface area contributed by atoms with Crippen molar-refractivity contribution in [2.75, 3.05) is 20.8 Å². The number of ketones is 2. The first-order chi connectivity index (χ1) is 17.6. The van der Waals surface area contributed by atoms with Crippen molar-refractivity contribution in [1.29, 1.82) is 0 Å². The lowest BCUT2D eigenvalue weighted by Crippen LogP contribution is -2.51. The maximum Gasteiger partial charge on any atom is 0.271 e. The predicted molar refractivity (Wildman–Crippen MR) is 133 cm³/mol. The lowest BCUT2D eigenvalue weighted by atomic mass is 9.75. The Kier molecular flexibility index (Phi) is 7.80. The molecule has 0 saturated carbocycles. The summed E-state index contributed by atoms with van der Waals surface area (Å²) < 4.78 is 22.6. The summed E-state index contributed by atoms with van der Waals surface area (Å²) in [4.78, 5) is 51.4. The highest BCUT2D eigenvalue weighted by atomic mass is 35.5. The Morgan fingerprint density at radius 3 is 2.62 bits per heavy atom. The number of ether oxygens (including phenoxy) is 4. The number of rotatable bonds is 6. The van der Waals surface area contributed by atoms with E-state index in [0.717, 1.165) is 19.3 Å². The van der Waals surface area contributed by atoms with Crippen LogP contribution in [-0.2, 0) is 19.1 Å². The van der Waals surface area contributed by atoms with Gasteiger partial charge in [-0.25, -0.2) is 0 Å². The van der Waals surface area contributed by atoms with Gasteiger partial charge in [-0.2, -0.15) is 0 Å². The number of carbonyl (C=O) groups excluding carboxylic acids is 4. The first-order valence-corrected chi connectivity index (χ1v) is 12.7. The van der Waals surface area contributed by atoms with Gasteiger partial charge in [0.05, 0.1) is 30.9 Å². The normalized spacial score (nSPS) is 25.6. The van der Waals surface area contributed by atoms with Gasteiger partial charge in [-0.05, 0) is 31.7 Å². The number of nitrogens with one attached hydrogen (secondary N) is 2. The van der Waals surface area contributed by atoms with E-state index in [2.05, 4.69) is 10.9 Å². The molecule has 2 aliphatic heterocycles.